The maximum atomic E-state index is 12.4. The summed E-state index contributed by atoms with van der Waals surface area (Å²) >= 11 is 0. The zero-order valence-electron chi connectivity index (χ0n) is 9.11. The minimum atomic E-state index is -4.35. The number of rotatable bonds is 2. The van der Waals surface area contributed by atoms with Gasteiger partial charge in [0.15, 0.2) is 0 Å². The van der Waals surface area contributed by atoms with E-state index in [9.17, 15) is 18.0 Å². The molecular formula is C12H9F3N2O. The Hall–Kier alpha value is -2.24. The van der Waals surface area contributed by atoms with Crippen LogP contribution in [-0.2, 0) is 6.18 Å². The minimum absolute atomic E-state index is 0.301. The van der Waals surface area contributed by atoms with Gasteiger partial charge in [-0.05, 0) is 30.3 Å². The molecule has 1 heterocycles. The molecule has 18 heavy (non-hydrogen) atoms. The number of alkyl halides is 3. The number of benzene rings is 1. The number of carbonyl (C=O) groups excluding carboxylic acids is 1. The summed E-state index contributed by atoms with van der Waals surface area (Å²) in [7, 11) is 0. The summed E-state index contributed by atoms with van der Waals surface area (Å²) in [5, 5.41) is 0. The van der Waals surface area contributed by atoms with E-state index in [4.69, 9.17) is 5.73 Å². The fourth-order valence-electron chi connectivity index (χ4n) is 1.53. The van der Waals surface area contributed by atoms with Crippen LogP contribution in [0.2, 0.25) is 0 Å². The third-order valence-electron chi connectivity index (χ3n) is 2.47. The average molecular weight is 254 g/mol. The number of hydrogen-bond donors (Lipinski definition) is 1. The lowest BCUT2D eigenvalue weighted by Gasteiger charge is -2.08. The van der Waals surface area contributed by atoms with Crippen LogP contribution in [0.4, 0.5) is 13.2 Å². The Balaban J connectivity index is 2.31. The number of halogens is 3. The van der Waals surface area contributed by atoms with Gasteiger partial charge in [0.2, 0.25) is 5.91 Å². The molecule has 1 aromatic carbocycles. The van der Waals surface area contributed by atoms with Crippen LogP contribution < -0.4 is 5.73 Å². The van der Waals surface area contributed by atoms with Gasteiger partial charge in [-0.15, -0.1) is 0 Å². The van der Waals surface area contributed by atoms with Crippen molar-refractivity contribution in [3.05, 3.63) is 53.9 Å². The largest absolute Gasteiger partial charge is 0.416 e. The van der Waals surface area contributed by atoms with E-state index in [1.54, 1.807) is 6.20 Å². The molecule has 0 bridgehead atoms. The normalized spacial score (nSPS) is 11.5. The second kappa shape index (κ2) is 4.21. The molecule has 2 aromatic rings. The smallest absolute Gasteiger partial charge is 0.366 e. The lowest BCUT2D eigenvalue weighted by molar-refractivity contribution is -0.137. The van der Waals surface area contributed by atoms with E-state index in [0.717, 1.165) is 12.1 Å². The summed E-state index contributed by atoms with van der Waals surface area (Å²) < 4.78 is 38.6. The highest BCUT2D eigenvalue weighted by atomic mass is 19.4. The van der Waals surface area contributed by atoms with Gasteiger partial charge < -0.3 is 10.3 Å². The molecule has 0 spiro atoms. The molecule has 1 aromatic heterocycles. The maximum absolute atomic E-state index is 12.4. The zero-order valence-corrected chi connectivity index (χ0v) is 9.11. The second-order valence-electron chi connectivity index (χ2n) is 3.72. The first-order valence-electron chi connectivity index (χ1n) is 5.03. The predicted molar refractivity (Wildman–Crippen MR) is 59.3 cm³/mol. The third-order valence-corrected chi connectivity index (χ3v) is 2.47. The Morgan fingerprint density at radius 2 is 1.72 bits per heavy atom. The molecule has 0 atom stereocenters. The summed E-state index contributed by atoms with van der Waals surface area (Å²) in [6.07, 6.45) is -1.33. The molecule has 0 aliphatic heterocycles. The standard InChI is InChI=1S/C12H9F3N2O/c13-12(14,15)9-1-3-10(4-2-9)17-6-5-8(7-17)11(16)18/h1-7H,(H2,16,18). The van der Waals surface area contributed by atoms with Crippen LogP contribution in [-0.4, -0.2) is 10.5 Å². The second-order valence-corrected chi connectivity index (χ2v) is 3.72. The Labute approximate surface area is 101 Å². The van der Waals surface area contributed by atoms with Gasteiger partial charge in [0.1, 0.15) is 0 Å². The van der Waals surface area contributed by atoms with Crippen molar-refractivity contribution in [3.63, 3.8) is 0 Å². The molecule has 1 amide bonds. The number of hydrogen-bond acceptors (Lipinski definition) is 1. The molecule has 0 radical (unpaired) electrons. The summed E-state index contributed by atoms with van der Waals surface area (Å²) in [4.78, 5) is 10.9. The maximum Gasteiger partial charge on any atom is 0.416 e. The molecular weight excluding hydrogens is 245 g/mol. The van der Waals surface area contributed by atoms with Gasteiger partial charge in [-0.1, -0.05) is 0 Å². The average Bonchev–Trinajstić information content (AvgIpc) is 2.77. The van der Waals surface area contributed by atoms with E-state index < -0.39 is 17.6 Å². The Bertz CT molecular complexity index is 570. The summed E-state index contributed by atoms with van der Waals surface area (Å²) in [6.45, 7) is 0. The van der Waals surface area contributed by atoms with Gasteiger partial charge in [-0.25, -0.2) is 0 Å². The van der Waals surface area contributed by atoms with Crippen molar-refractivity contribution in [2.24, 2.45) is 5.73 Å². The summed E-state index contributed by atoms with van der Waals surface area (Å²) in [5.74, 6) is -0.583. The van der Waals surface area contributed by atoms with E-state index in [1.165, 1.54) is 29.0 Å². The van der Waals surface area contributed by atoms with Crippen molar-refractivity contribution in [1.29, 1.82) is 0 Å². The van der Waals surface area contributed by atoms with E-state index in [0.29, 0.717) is 11.3 Å². The van der Waals surface area contributed by atoms with Crippen LogP contribution in [0, 0.1) is 0 Å². The molecule has 0 aliphatic rings. The number of carbonyl (C=O) groups is 1. The van der Waals surface area contributed by atoms with Crippen LogP contribution >= 0.6 is 0 Å². The SMILES string of the molecule is NC(=O)c1ccn(-c2ccc(C(F)(F)F)cc2)c1. The van der Waals surface area contributed by atoms with Crippen molar-refractivity contribution in [2.75, 3.05) is 0 Å². The van der Waals surface area contributed by atoms with Crippen LogP contribution in [0.5, 0.6) is 0 Å². The molecule has 0 fully saturated rings. The van der Waals surface area contributed by atoms with Gasteiger partial charge in [0, 0.05) is 18.1 Å². The van der Waals surface area contributed by atoms with Crippen molar-refractivity contribution >= 4 is 5.91 Å². The fourth-order valence-corrected chi connectivity index (χ4v) is 1.53. The molecule has 2 rings (SSSR count). The van der Waals surface area contributed by atoms with Crippen molar-refractivity contribution in [3.8, 4) is 5.69 Å². The molecule has 2 N–H and O–H groups in total. The zero-order chi connectivity index (χ0) is 13.3. The summed E-state index contributed by atoms with van der Waals surface area (Å²) in [5.41, 5.74) is 5.20. The highest BCUT2D eigenvalue weighted by Gasteiger charge is 2.29. The van der Waals surface area contributed by atoms with E-state index in [2.05, 4.69) is 0 Å². The van der Waals surface area contributed by atoms with Gasteiger partial charge in [0.05, 0.1) is 11.1 Å². The number of aromatic nitrogens is 1. The number of nitrogens with zero attached hydrogens (tertiary/aromatic N) is 1. The Kier molecular flexibility index (Phi) is 2.86. The molecule has 3 nitrogen and oxygen atoms in total. The number of nitrogens with two attached hydrogens (primary N) is 1. The van der Waals surface area contributed by atoms with Crippen LogP contribution in [0.3, 0.4) is 0 Å². The summed E-state index contributed by atoms with van der Waals surface area (Å²) in [6, 6.07) is 6.12. The Morgan fingerprint density at radius 3 is 2.17 bits per heavy atom. The van der Waals surface area contributed by atoms with Crippen LogP contribution in [0.15, 0.2) is 42.7 Å². The first-order chi connectivity index (χ1) is 8.38. The first-order valence-corrected chi connectivity index (χ1v) is 5.03. The molecule has 94 valence electrons. The lowest BCUT2D eigenvalue weighted by Crippen LogP contribution is -2.09. The van der Waals surface area contributed by atoms with Crippen molar-refractivity contribution in [2.45, 2.75) is 6.18 Å². The van der Waals surface area contributed by atoms with E-state index in [1.807, 2.05) is 0 Å². The minimum Gasteiger partial charge on any atom is -0.366 e. The van der Waals surface area contributed by atoms with Gasteiger partial charge in [-0.2, -0.15) is 13.2 Å². The molecule has 0 saturated heterocycles. The topological polar surface area (TPSA) is 48.0 Å². The van der Waals surface area contributed by atoms with Crippen LogP contribution in [0.1, 0.15) is 15.9 Å². The van der Waals surface area contributed by atoms with Gasteiger partial charge in [-0.3, -0.25) is 4.79 Å². The molecule has 0 aliphatic carbocycles. The van der Waals surface area contributed by atoms with Gasteiger partial charge in [0.25, 0.3) is 0 Å². The van der Waals surface area contributed by atoms with Crippen molar-refractivity contribution in [1.82, 2.24) is 4.57 Å². The van der Waals surface area contributed by atoms with Crippen molar-refractivity contribution < 1.29 is 18.0 Å². The monoisotopic (exact) mass is 254 g/mol. The van der Waals surface area contributed by atoms with E-state index >= 15 is 0 Å². The number of amides is 1. The first kappa shape index (κ1) is 12.2. The molecule has 6 heteroatoms. The highest BCUT2D eigenvalue weighted by Crippen LogP contribution is 2.29. The van der Waals surface area contributed by atoms with E-state index in [-0.39, 0.29) is 0 Å². The molecule has 0 saturated carbocycles. The highest BCUT2D eigenvalue weighted by molar-refractivity contribution is 5.92. The molecule has 0 unspecified atom stereocenters. The number of primary amides is 1. The Morgan fingerprint density at radius 1 is 1.11 bits per heavy atom. The van der Waals surface area contributed by atoms with Gasteiger partial charge >= 0.3 is 6.18 Å². The predicted octanol–water partition coefficient (Wildman–Crippen LogP) is 2.60. The fraction of sp³-hybridized carbons (Fsp3) is 0.0833. The lowest BCUT2D eigenvalue weighted by atomic mass is 10.2. The van der Waals surface area contributed by atoms with Crippen LogP contribution in [0.25, 0.3) is 5.69 Å². The quantitative estimate of drug-likeness (QED) is 0.879. The third kappa shape index (κ3) is 2.37.